The fourth-order valence-electron chi connectivity index (χ4n) is 4.14. The van der Waals surface area contributed by atoms with Gasteiger partial charge < -0.3 is 0 Å². The number of fused-ring (bicyclic) bond motifs is 1. The van der Waals surface area contributed by atoms with Crippen LogP contribution in [0.3, 0.4) is 0 Å². The fourth-order valence-corrected chi connectivity index (χ4v) is 4.14. The SMILES string of the molecule is C(=C\C(N=C(c1ccccc1)c1ccccc1)c1cccc2ccccc12)/c1ccccc1. The summed E-state index contributed by atoms with van der Waals surface area (Å²) in [6, 6.07) is 46.2. The zero-order chi connectivity index (χ0) is 22.3. The monoisotopic (exact) mass is 423 g/mol. The minimum atomic E-state index is -0.133. The van der Waals surface area contributed by atoms with Gasteiger partial charge in [0, 0.05) is 11.1 Å². The van der Waals surface area contributed by atoms with E-state index in [4.69, 9.17) is 4.99 Å². The van der Waals surface area contributed by atoms with Gasteiger partial charge in [-0.1, -0.05) is 146 Å². The Kier molecular flexibility index (Phi) is 6.22. The normalized spacial score (nSPS) is 12.0. The summed E-state index contributed by atoms with van der Waals surface area (Å²) >= 11 is 0. The third-order valence-corrected chi connectivity index (χ3v) is 5.78. The number of aliphatic imine (C=N–C) groups is 1. The van der Waals surface area contributed by atoms with Crippen LogP contribution in [0.5, 0.6) is 0 Å². The summed E-state index contributed by atoms with van der Waals surface area (Å²) in [6.07, 6.45) is 4.38. The molecule has 1 heteroatoms. The van der Waals surface area contributed by atoms with Crippen molar-refractivity contribution < 1.29 is 0 Å². The molecule has 0 amide bonds. The maximum absolute atomic E-state index is 5.38. The first-order valence-corrected chi connectivity index (χ1v) is 11.3. The van der Waals surface area contributed by atoms with Crippen molar-refractivity contribution >= 4 is 22.6 Å². The summed E-state index contributed by atoms with van der Waals surface area (Å²) in [5, 5.41) is 2.45. The predicted molar refractivity (Wildman–Crippen MR) is 141 cm³/mol. The van der Waals surface area contributed by atoms with Gasteiger partial charge in [-0.05, 0) is 21.9 Å². The summed E-state index contributed by atoms with van der Waals surface area (Å²) in [6.45, 7) is 0. The lowest BCUT2D eigenvalue weighted by atomic mass is 9.96. The number of benzene rings is 5. The van der Waals surface area contributed by atoms with Gasteiger partial charge in [0.25, 0.3) is 0 Å². The highest BCUT2D eigenvalue weighted by molar-refractivity contribution is 6.13. The van der Waals surface area contributed by atoms with Crippen molar-refractivity contribution in [2.24, 2.45) is 4.99 Å². The number of hydrogen-bond donors (Lipinski definition) is 0. The molecule has 0 N–H and O–H groups in total. The Balaban J connectivity index is 1.70. The molecule has 0 bridgehead atoms. The lowest BCUT2D eigenvalue weighted by Crippen LogP contribution is -2.06. The smallest absolute Gasteiger partial charge is 0.0947 e. The zero-order valence-electron chi connectivity index (χ0n) is 18.4. The highest BCUT2D eigenvalue weighted by Gasteiger charge is 2.14. The minimum Gasteiger partial charge on any atom is -0.272 e. The van der Waals surface area contributed by atoms with Gasteiger partial charge in [0.05, 0.1) is 11.8 Å². The molecule has 0 aliphatic heterocycles. The van der Waals surface area contributed by atoms with E-state index >= 15 is 0 Å². The molecular weight excluding hydrogens is 398 g/mol. The first kappa shape index (κ1) is 20.7. The lowest BCUT2D eigenvalue weighted by Gasteiger charge is -2.16. The molecule has 0 radical (unpaired) electrons. The van der Waals surface area contributed by atoms with E-state index in [0.717, 1.165) is 16.8 Å². The van der Waals surface area contributed by atoms with Crippen molar-refractivity contribution in [3.63, 3.8) is 0 Å². The van der Waals surface area contributed by atoms with Crippen LogP contribution in [-0.2, 0) is 0 Å². The molecule has 0 aliphatic rings. The Morgan fingerprint density at radius 3 is 1.76 bits per heavy atom. The first-order valence-electron chi connectivity index (χ1n) is 11.3. The van der Waals surface area contributed by atoms with Crippen molar-refractivity contribution in [3.05, 3.63) is 162 Å². The van der Waals surface area contributed by atoms with E-state index < -0.39 is 0 Å². The fraction of sp³-hybridized carbons (Fsp3) is 0.0312. The van der Waals surface area contributed by atoms with Gasteiger partial charge in [-0.25, -0.2) is 0 Å². The largest absolute Gasteiger partial charge is 0.272 e. The van der Waals surface area contributed by atoms with E-state index in [-0.39, 0.29) is 6.04 Å². The molecule has 158 valence electrons. The van der Waals surface area contributed by atoms with Gasteiger partial charge in [-0.2, -0.15) is 0 Å². The number of hydrogen-bond acceptors (Lipinski definition) is 1. The van der Waals surface area contributed by atoms with E-state index in [2.05, 4.69) is 127 Å². The second kappa shape index (κ2) is 9.93. The molecule has 1 atom stereocenters. The first-order chi connectivity index (χ1) is 16.4. The topological polar surface area (TPSA) is 12.4 Å². The van der Waals surface area contributed by atoms with Crippen molar-refractivity contribution in [2.75, 3.05) is 0 Å². The molecule has 0 fully saturated rings. The summed E-state index contributed by atoms with van der Waals surface area (Å²) in [4.78, 5) is 5.38. The molecule has 33 heavy (non-hydrogen) atoms. The quantitative estimate of drug-likeness (QED) is 0.244. The summed E-state index contributed by atoms with van der Waals surface area (Å²) in [5.41, 5.74) is 5.58. The van der Waals surface area contributed by atoms with Crippen molar-refractivity contribution in [3.8, 4) is 0 Å². The average molecular weight is 424 g/mol. The highest BCUT2D eigenvalue weighted by Crippen LogP contribution is 2.30. The minimum absolute atomic E-state index is 0.133. The van der Waals surface area contributed by atoms with Crippen molar-refractivity contribution in [1.82, 2.24) is 0 Å². The molecule has 0 spiro atoms. The summed E-state index contributed by atoms with van der Waals surface area (Å²) < 4.78 is 0. The zero-order valence-corrected chi connectivity index (χ0v) is 18.4. The van der Waals surface area contributed by atoms with Gasteiger partial charge in [0.1, 0.15) is 0 Å². The Labute approximate surface area is 195 Å². The van der Waals surface area contributed by atoms with Crippen LogP contribution in [0.1, 0.15) is 28.3 Å². The third-order valence-electron chi connectivity index (χ3n) is 5.78. The third kappa shape index (κ3) is 4.83. The van der Waals surface area contributed by atoms with E-state index in [1.807, 2.05) is 18.2 Å². The second-order valence-electron chi connectivity index (χ2n) is 7.99. The maximum atomic E-state index is 5.38. The van der Waals surface area contributed by atoms with Crippen LogP contribution in [0.2, 0.25) is 0 Å². The van der Waals surface area contributed by atoms with E-state index in [9.17, 15) is 0 Å². The molecule has 0 aromatic heterocycles. The van der Waals surface area contributed by atoms with E-state index in [1.165, 1.54) is 21.9 Å². The molecule has 0 heterocycles. The summed E-state index contributed by atoms with van der Waals surface area (Å²) in [7, 11) is 0. The van der Waals surface area contributed by atoms with Crippen LogP contribution in [0.4, 0.5) is 0 Å². The molecule has 5 aromatic rings. The predicted octanol–water partition coefficient (Wildman–Crippen LogP) is 8.13. The van der Waals surface area contributed by atoms with Gasteiger partial charge in [0.2, 0.25) is 0 Å². The molecular formula is C32H25N. The average Bonchev–Trinajstić information content (AvgIpc) is 2.90. The summed E-state index contributed by atoms with van der Waals surface area (Å²) in [5.74, 6) is 0. The van der Waals surface area contributed by atoms with Gasteiger partial charge in [-0.3, -0.25) is 4.99 Å². The molecule has 5 rings (SSSR count). The molecule has 1 unspecified atom stereocenters. The standard InChI is InChI=1S/C32H25N/c1-4-13-25(14-5-1)23-24-31(30-22-12-20-26-15-10-11-21-29(26)30)33-32(27-16-6-2-7-17-27)28-18-8-3-9-19-28/h1-24,31H/b24-23+. The number of nitrogens with zero attached hydrogens (tertiary/aromatic N) is 1. The van der Waals surface area contributed by atoms with Gasteiger partial charge in [0.15, 0.2) is 0 Å². The van der Waals surface area contributed by atoms with Crippen LogP contribution in [0, 0.1) is 0 Å². The molecule has 0 aliphatic carbocycles. The maximum Gasteiger partial charge on any atom is 0.0947 e. The second-order valence-corrected chi connectivity index (χ2v) is 7.99. The van der Waals surface area contributed by atoms with Crippen LogP contribution < -0.4 is 0 Å². The lowest BCUT2D eigenvalue weighted by molar-refractivity contribution is 0.927. The van der Waals surface area contributed by atoms with Gasteiger partial charge in [-0.15, -0.1) is 0 Å². The number of rotatable bonds is 6. The molecule has 0 saturated heterocycles. The van der Waals surface area contributed by atoms with Crippen LogP contribution in [0.15, 0.2) is 145 Å². The Morgan fingerprint density at radius 2 is 1.09 bits per heavy atom. The molecule has 1 nitrogen and oxygen atoms in total. The Bertz CT molecular complexity index is 1340. The molecule has 0 saturated carbocycles. The van der Waals surface area contributed by atoms with E-state index in [1.54, 1.807) is 0 Å². The van der Waals surface area contributed by atoms with Crippen molar-refractivity contribution in [1.29, 1.82) is 0 Å². The van der Waals surface area contributed by atoms with Crippen LogP contribution in [-0.4, -0.2) is 5.71 Å². The Hall–Kier alpha value is -4.23. The van der Waals surface area contributed by atoms with Crippen molar-refractivity contribution in [2.45, 2.75) is 6.04 Å². The van der Waals surface area contributed by atoms with Crippen LogP contribution >= 0.6 is 0 Å². The van der Waals surface area contributed by atoms with E-state index in [0.29, 0.717) is 0 Å². The molecule has 5 aromatic carbocycles. The Morgan fingerprint density at radius 1 is 0.545 bits per heavy atom. The van der Waals surface area contributed by atoms with Crippen LogP contribution in [0.25, 0.3) is 16.8 Å². The highest BCUT2D eigenvalue weighted by atomic mass is 14.8. The van der Waals surface area contributed by atoms with Gasteiger partial charge >= 0.3 is 0 Å².